The lowest BCUT2D eigenvalue weighted by Crippen LogP contribution is -2.46. The molecule has 0 spiro atoms. The lowest BCUT2D eigenvalue weighted by atomic mass is 9.91. The standard InChI is InChI=1S/C29H40N2O3/c1-5-30-18-12-7-13-19-31(27(32)21-29(2,3)4)24(20-23-14-8-6-9-15-23)22-34-26-17-11-10-16-25(26)28(30)33/h6,8-11,14-17,24H,5,7,12-13,18-22H2,1-4H3/t24-/m0/s1. The molecule has 0 N–H and O–H groups in total. The number of amides is 2. The highest BCUT2D eigenvalue weighted by atomic mass is 16.5. The molecule has 2 aromatic rings. The highest BCUT2D eigenvalue weighted by molar-refractivity contribution is 5.96. The number of para-hydroxylation sites is 1. The van der Waals surface area contributed by atoms with Crippen LogP contribution in [0.3, 0.4) is 0 Å². The first-order valence-corrected chi connectivity index (χ1v) is 12.6. The molecule has 5 heteroatoms. The first-order chi connectivity index (χ1) is 16.3. The van der Waals surface area contributed by atoms with Gasteiger partial charge in [-0.05, 0) is 55.7 Å². The Bertz CT molecular complexity index is 936. The van der Waals surface area contributed by atoms with Crippen molar-refractivity contribution in [3.05, 3.63) is 65.7 Å². The zero-order valence-corrected chi connectivity index (χ0v) is 21.3. The van der Waals surface area contributed by atoms with Crippen LogP contribution < -0.4 is 4.74 Å². The maximum atomic E-state index is 13.5. The zero-order chi connectivity index (χ0) is 24.6. The highest BCUT2D eigenvalue weighted by Crippen LogP contribution is 2.25. The van der Waals surface area contributed by atoms with Crippen molar-refractivity contribution >= 4 is 11.8 Å². The second kappa shape index (κ2) is 12.0. The van der Waals surface area contributed by atoms with Gasteiger partial charge in [-0.3, -0.25) is 9.59 Å². The number of hydrogen-bond donors (Lipinski definition) is 0. The summed E-state index contributed by atoms with van der Waals surface area (Å²) in [4.78, 5) is 30.7. The van der Waals surface area contributed by atoms with Gasteiger partial charge >= 0.3 is 0 Å². The van der Waals surface area contributed by atoms with Crippen LogP contribution >= 0.6 is 0 Å². The third kappa shape index (κ3) is 7.34. The minimum atomic E-state index is -0.108. The van der Waals surface area contributed by atoms with Gasteiger partial charge in [0.1, 0.15) is 12.4 Å². The predicted octanol–water partition coefficient (Wildman–Crippen LogP) is 5.59. The van der Waals surface area contributed by atoms with Crippen molar-refractivity contribution in [1.29, 1.82) is 0 Å². The molecule has 1 heterocycles. The molecule has 1 aliphatic heterocycles. The Hall–Kier alpha value is -2.82. The van der Waals surface area contributed by atoms with E-state index in [-0.39, 0.29) is 23.3 Å². The van der Waals surface area contributed by atoms with Gasteiger partial charge in [0, 0.05) is 26.1 Å². The molecule has 0 bridgehead atoms. The molecule has 0 unspecified atom stereocenters. The number of hydrogen-bond acceptors (Lipinski definition) is 3. The van der Waals surface area contributed by atoms with Gasteiger partial charge in [-0.1, -0.05) is 63.2 Å². The summed E-state index contributed by atoms with van der Waals surface area (Å²) >= 11 is 0. The predicted molar refractivity (Wildman–Crippen MR) is 137 cm³/mol. The number of nitrogens with zero attached hydrogens (tertiary/aromatic N) is 2. The molecule has 0 fully saturated rings. The van der Waals surface area contributed by atoms with Crippen molar-refractivity contribution in [3.63, 3.8) is 0 Å². The SMILES string of the molecule is CCN1CCCCCN(C(=O)CC(C)(C)C)[C@@H](Cc2ccccc2)COc2ccccc2C1=O. The lowest BCUT2D eigenvalue weighted by Gasteiger charge is -2.34. The van der Waals surface area contributed by atoms with Crippen molar-refractivity contribution in [3.8, 4) is 5.75 Å². The van der Waals surface area contributed by atoms with Gasteiger partial charge in [0.2, 0.25) is 5.91 Å². The third-order valence-corrected chi connectivity index (χ3v) is 6.30. The molecule has 1 aliphatic rings. The fourth-order valence-electron chi connectivity index (χ4n) is 4.50. The summed E-state index contributed by atoms with van der Waals surface area (Å²) in [5.74, 6) is 0.774. The van der Waals surface area contributed by atoms with Crippen LogP contribution in [0.2, 0.25) is 0 Å². The van der Waals surface area contributed by atoms with Crippen molar-refractivity contribution in [2.45, 2.75) is 65.8 Å². The number of fused-ring (bicyclic) bond motifs is 1. The second-order valence-electron chi connectivity index (χ2n) is 10.4. The summed E-state index contributed by atoms with van der Waals surface area (Å²) in [5.41, 5.74) is 1.68. The maximum absolute atomic E-state index is 13.5. The minimum absolute atomic E-state index is 0.0117. The van der Waals surface area contributed by atoms with Gasteiger partial charge in [0.05, 0.1) is 11.6 Å². The summed E-state index contributed by atoms with van der Waals surface area (Å²) in [7, 11) is 0. The Morgan fingerprint density at radius 1 is 0.971 bits per heavy atom. The molecule has 1 atom stereocenters. The smallest absolute Gasteiger partial charge is 0.257 e. The fraction of sp³-hybridized carbons (Fsp3) is 0.517. The Morgan fingerprint density at radius 3 is 2.35 bits per heavy atom. The normalized spacial score (nSPS) is 18.2. The first-order valence-electron chi connectivity index (χ1n) is 12.6. The van der Waals surface area contributed by atoms with E-state index in [1.165, 1.54) is 5.56 Å². The van der Waals surface area contributed by atoms with Gasteiger partial charge in [-0.25, -0.2) is 0 Å². The van der Waals surface area contributed by atoms with Crippen LogP contribution in [0.5, 0.6) is 5.75 Å². The topological polar surface area (TPSA) is 49.9 Å². The van der Waals surface area contributed by atoms with E-state index in [1.807, 2.05) is 59.2 Å². The number of rotatable bonds is 4. The largest absolute Gasteiger partial charge is 0.491 e. The number of carbonyl (C=O) groups is 2. The van der Waals surface area contributed by atoms with Crippen LogP contribution in [0.1, 0.15) is 69.3 Å². The van der Waals surface area contributed by atoms with Gasteiger partial charge in [0.25, 0.3) is 5.91 Å². The zero-order valence-electron chi connectivity index (χ0n) is 21.3. The molecule has 5 nitrogen and oxygen atoms in total. The van der Waals surface area contributed by atoms with E-state index in [0.29, 0.717) is 50.4 Å². The van der Waals surface area contributed by atoms with Gasteiger partial charge in [-0.2, -0.15) is 0 Å². The molecule has 0 saturated carbocycles. The van der Waals surface area contributed by atoms with Crippen molar-refractivity contribution in [1.82, 2.24) is 9.80 Å². The van der Waals surface area contributed by atoms with E-state index in [4.69, 9.17) is 4.74 Å². The van der Waals surface area contributed by atoms with Crippen molar-refractivity contribution in [2.75, 3.05) is 26.2 Å². The van der Waals surface area contributed by atoms with Gasteiger partial charge in [0.15, 0.2) is 0 Å². The average molecular weight is 465 g/mol. The Morgan fingerprint density at radius 2 is 1.65 bits per heavy atom. The minimum Gasteiger partial charge on any atom is -0.491 e. The van der Waals surface area contributed by atoms with Crippen LogP contribution in [-0.4, -0.2) is 53.9 Å². The van der Waals surface area contributed by atoms with Gasteiger partial charge < -0.3 is 14.5 Å². The molecule has 3 rings (SSSR count). The van der Waals surface area contributed by atoms with Gasteiger partial charge in [-0.15, -0.1) is 0 Å². The number of benzene rings is 2. The monoisotopic (exact) mass is 464 g/mol. The maximum Gasteiger partial charge on any atom is 0.257 e. The molecule has 0 aliphatic carbocycles. The van der Waals surface area contributed by atoms with E-state index in [1.54, 1.807) is 0 Å². The summed E-state index contributed by atoms with van der Waals surface area (Å²) in [6, 6.07) is 17.7. The summed E-state index contributed by atoms with van der Waals surface area (Å²) in [6.45, 7) is 10.8. The van der Waals surface area contributed by atoms with E-state index in [0.717, 1.165) is 19.3 Å². The molecule has 0 saturated heterocycles. The Kier molecular flexibility index (Phi) is 9.14. The highest BCUT2D eigenvalue weighted by Gasteiger charge is 2.29. The third-order valence-electron chi connectivity index (χ3n) is 6.30. The molecule has 0 radical (unpaired) electrons. The van der Waals surface area contributed by atoms with E-state index >= 15 is 0 Å². The number of carbonyl (C=O) groups excluding carboxylic acids is 2. The molecular formula is C29H40N2O3. The molecule has 0 aromatic heterocycles. The molecule has 34 heavy (non-hydrogen) atoms. The Balaban J connectivity index is 1.94. The molecule has 184 valence electrons. The van der Waals surface area contributed by atoms with Crippen LogP contribution in [0.25, 0.3) is 0 Å². The van der Waals surface area contributed by atoms with Crippen LogP contribution in [0.4, 0.5) is 0 Å². The van der Waals surface area contributed by atoms with Crippen LogP contribution in [-0.2, 0) is 11.2 Å². The van der Waals surface area contributed by atoms with E-state index < -0.39 is 0 Å². The van der Waals surface area contributed by atoms with Crippen molar-refractivity contribution in [2.24, 2.45) is 5.41 Å². The van der Waals surface area contributed by atoms with E-state index in [9.17, 15) is 9.59 Å². The lowest BCUT2D eigenvalue weighted by molar-refractivity contribution is -0.136. The molecule has 2 amide bonds. The number of ether oxygens (including phenoxy) is 1. The summed E-state index contributed by atoms with van der Waals surface area (Å²) < 4.78 is 6.32. The molecular weight excluding hydrogens is 424 g/mol. The van der Waals surface area contributed by atoms with Crippen LogP contribution in [0.15, 0.2) is 54.6 Å². The first kappa shape index (κ1) is 25.8. The Labute approximate surface area is 205 Å². The quantitative estimate of drug-likeness (QED) is 0.593. The molecule has 2 aromatic carbocycles. The summed E-state index contributed by atoms with van der Waals surface area (Å²) in [6.07, 6.45) is 4.03. The fourth-order valence-corrected chi connectivity index (χ4v) is 4.50. The average Bonchev–Trinajstić information content (AvgIpc) is 2.81. The van der Waals surface area contributed by atoms with Crippen LogP contribution in [0, 0.1) is 5.41 Å². The van der Waals surface area contributed by atoms with E-state index in [2.05, 4.69) is 32.9 Å². The second-order valence-corrected chi connectivity index (χ2v) is 10.4. The summed E-state index contributed by atoms with van der Waals surface area (Å²) in [5, 5.41) is 0. The van der Waals surface area contributed by atoms with Crippen molar-refractivity contribution < 1.29 is 14.3 Å².